The number of hydrogen-bond donors (Lipinski definition) is 2. The van der Waals surface area contributed by atoms with Crippen LogP contribution in [-0.4, -0.2) is 52.3 Å². The first-order valence-corrected chi connectivity index (χ1v) is 10.8. The van der Waals surface area contributed by atoms with E-state index in [9.17, 15) is 18.3 Å². The maximum atomic E-state index is 12.7. The van der Waals surface area contributed by atoms with Crippen LogP contribution in [0.5, 0.6) is 0 Å². The summed E-state index contributed by atoms with van der Waals surface area (Å²) in [5, 5.41) is 12.7. The lowest BCUT2D eigenvalue weighted by Crippen LogP contribution is -2.29. The summed E-state index contributed by atoms with van der Waals surface area (Å²) in [5.74, 6) is -0.307. The fraction of sp³-hybridized carbons (Fsp3) is 0.300. The number of fused-ring (bicyclic) bond motifs is 1. The molecule has 1 amide bonds. The highest BCUT2D eigenvalue weighted by atomic mass is 32.2. The highest BCUT2D eigenvalue weighted by Crippen LogP contribution is 2.24. The number of imidazole rings is 1. The maximum Gasteiger partial charge on any atom is 0.253 e. The van der Waals surface area contributed by atoms with Gasteiger partial charge in [0.15, 0.2) is 0 Å². The molecule has 8 nitrogen and oxygen atoms in total. The molecule has 2 N–H and O–H groups in total. The van der Waals surface area contributed by atoms with Gasteiger partial charge in [0.25, 0.3) is 5.91 Å². The number of β-amino-alcohol motifs (C(OH)–C–C–N with tert-alkyl or cyclic N) is 1. The lowest BCUT2D eigenvalue weighted by molar-refractivity contribution is 0.0950. The average Bonchev–Trinajstić information content (AvgIpc) is 3.32. The highest BCUT2D eigenvalue weighted by Gasteiger charge is 2.36. The third-order valence-corrected chi connectivity index (χ3v) is 7.05. The molecular formula is C20H22N4O4S. The molecule has 3 heterocycles. The van der Waals surface area contributed by atoms with E-state index in [4.69, 9.17) is 0 Å². The van der Waals surface area contributed by atoms with Crippen LogP contribution in [0.4, 0.5) is 0 Å². The fourth-order valence-electron chi connectivity index (χ4n) is 3.37. The van der Waals surface area contributed by atoms with E-state index in [0.717, 1.165) is 11.2 Å². The number of aliphatic hydroxyl groups excluding tert-OH is 1. The number of amides is 1. The molecule has 2 unspecified atom stereocenters. The number of benzene rings is 1. The van der Waals surface area contributed by atoms with Crippen molar-refractivity contribution in [2.24, 2.45) is 5.92 Å². The summed E-state index contributed by atoms with van der Waals surface area (Å²) in [5.41, 5.74) is 2.06. The third-order valence-electron chi connectivity index (χ3n) is 5.20. The molecule has 152 valence electrons. The Hall–Kier alpha value is -2.75. The number of nitrogens with one attached hydrogen (secondary N) is 1. The molecule has 1 aliphatic rings. The Morgan fingerprint density at radius 2 is 1.97 bits per heavy atom. The minimum atomic E-state index is -3.63. The number of sulfonamides is 1. The number of aromatic nitrogens is 2. The summed E-state index contributed by atoms with van der Waals surface area (Å²) in [4.78, 5) is 16.7. The zero-order valence-corrected chi connectivity index (χ0v) is 16.7. The van der Waals surface area contributed by atoms with Crippen LogP contribution in [0, 0.1) is 5.92 Å². The van der Waals surface area contributed by atoms with Crippen LogP contribution in [0.15, 0.2) is 59.9 Å². The summed E-state index contributed by atoms with van der Waals surface area (Å²) < 4.78 is 28.5. The van der Waals surface area contributed by atoms with E-state index in [1.807, 2.05) is 6.92 Å². The van der Waals surface area contributed by atoms with Crippen molar-refractivity contribution in [2.45, 2.75) is 24.5 Å². The molecule has 0 spiro atoms. The van der Waals surface area contributed by atoms with Crippen molar-refractivity contribution in [1.29, 1.82) is 0 Å². The molecule has 4 rings (SSSR count). The third kappa shape index (κ3) is 3.89. The van der Waals surface area contributed by atoms with Gasteiger partial charge in [-0.25, -0.2) is 13.4 Å². The smallest absolute Gasteiger partial charge is 0.253 e. The molecule has 29 heavy (non-hydrogen) atoms. The van der Waals surface area contributed by atoms with Crippen molar-refractivity contribution in [3.8, 4) is 0 Å². The molecule has 9 heteroatoms. The van der Waals surface area contributed by atoms with Crippen molar-refractivity contribution in [3.05, 3.63) is 66.1 Å². The van der Waals surface area contributed by atoms with E-state index in [2.05, 4.69) is 10.3 Å². The predicted octanol–water partition coefficient (Wildman–Crippen LogP) is 1.27. The van der Waals surface area contributed by atoms with E-state index >= 15 is 0 Å². The molecule has 2 aromatic heterocycles. The molecule has 0 bridgehead atoms. The van der Waals surface area contributed by atoms with Gasteiger partial charge in [-0.1, -0.05) is 19.1 Å². The van der Waals surface area contributed by atoms with E-state index in [1.165, 1.54) is 16.4 Å². The van der Waals surface area contributed by atoms with Crippen LogP contribution in [0.25, 0.3) is 5.65 Å². The summed E-state index contributed by atoms with van der Waals surface area (Å²) >= 11 is 0. The maximum absolute atomic E-state index is 12.7. The van der Waals surface area contributed by atoms with Crippen LogP contribution in [0.1, 0.15) is 22.8 Å². The second-order valence-electron chi connectivity index (χ2n) is 7.30. The van der Waals surface area contributed by atoms with E-state index in [0.29, 0.717) is 12.1 Å². The molecule has 1 aliphatic heterocycles. The molecule has 1 saturated heterocycles. The molecule has 3 aromatic rings. The largest absolute Gasteiger partial charge is 0.391 e. The van der Waals surface area contributed by atoms with Gasteiger partial charge in [0.2, 0.25) is 10.0 Å². The van der Waals surface area contributed by atoms with Crippen LogP contribution in [0.2, 0.25) is 0 Å². The van der Waals surface area contributed by atoms with Gasteiger partial charge in [-0.2, -0.15) is 4.31 Å². The molecule has 0 radical (unpaired) electrons. The first-order chi connectivity index (χ1) is 13.8. The van der Waals surface area contributed by atoms with E-state index in [1.54, 1.807) is 47.3 Å². The Morgan fingerprint density at radius 1 is 1.21 bits per heavy atom. The monoisotopic (exact) mass is 414 g/mol. The molecule has 1 fully saturated rings. The van der Waals surface area contributed by atoms with Gasteiger partial charge in [-0.15, -0.1) is 0 Å². The number of aliphatic hydroxyl groups is 1. The summed E-state index contributed by atoms with van der Waals surface area (Å²) in [7, 11) is -3.63. The number of carbonyl (C=O) groups is 1. The Morgan fingerprint density at radius 3 is 2.66 bits per heavy atom. The van der Waals surface area contributed by atoms with Crippen LogP contribution >= 0.6 is 0 Å². The topological polar surface area (TPSA) is 104 Å². The zero-order valence-electron chi connectivity index (χ0n) is 15.9. The molecular weight excluding hydrogens is 392 g/mol. The fourth-order valence-corrected chi connectivity index (χ4v) is 4.93. The Balaban J connectivity index is 1.41. The van der Waals surface area contributed by atoms with Crippen molar-refractivity contribution < 1.29 is 18.3 Å². The minimum absolute atomic E-state index is 0.0826. The van der Waals surface area contributed by atoms with Gasteiger partial charge < -0.3 is 14.8 Å². The van der Waals surface area contributed by atoms with Crippen molar-refractivity contribution in [3.63, 3.8) is 0 Å². The van der Waals surface area contributed by atoms with Gasteiger partial charge in [0, 0.05) is 38.2 Å². The second-order valence-corrected chi connectivity index (χ2v) is 9.24. The average molecular weight is 414 g/mol. The lowest BCUT2D eigenvalue weighted by atomic mass is 10.1. The van der Waals surface area contributed by atoms with E-state index in [-0.39, 0.29) is 29.8 Å². The summed E-state index contributed by atoms with van der Waals surface area (Å²) in [6.45, 7) is 2.53. The molecule has 2 atom stereocenters. The number of nitrogens with zero attached hydrogens (tertiary/aromatic N) is 3. The Bertz CT molecular complexity index is 1130. The summed E-state index contributed by atoms with van der Waals surface area (Å²) in [6.07, 6.45) is 4.50. The number of pyridine rings is 1. The second kappa shape index (κ2) is 7.58. The van der Waals surface area contributed by atoms with Gasteiger partial charge >= 0.3 is 0 Å². The molecule has 0 aliphatic carbocycles. The quantitative estimate of drug-likeness (QED) is 0.654. The Kier molecular flexibility index (Phi) is 5.12. The van der Waals surface area contributed by atoms with Gasteiger partial charge in [0.1, 0.15) is 5.65 Å². The van der Waals surface area contributed by atoms with Crippen molar-refractivity contribution in [2.75, 3.05) is 13.1 Å². The first-order valence-electron chi connectivity index (χ1n) is 9.32. The van der Waals surface area contributed by atoms with E-state index < -0.39 is 16.1 Å². The van der Waals surface area contributed by atoms with Crippen molar-refractivity contribution >= 4 is 21.6 Å². The lowest BCUT2D eigenvalue weighted by Gasteiger charge is -2.16. The normalized spacial score (nSPS) is 20.2. The molecule has 1 aromatic carbocycles. The van der Waals surface area contributed by atoms with Crippen LogP contribution in [0.3, 0.4) is 0 Å². The SMILES string of the molecule is CC1CN(S(=O)(=O)c2ccc(CNC(=O)c3ccc4nccn4c3)cc2)CC1O. The predicted molar refractivity (Wildman–Crippen MR) is 107 cm³/mol. The minimum Gasteiger partial charge on any atom is -0.391 e. The van der Waals surface area contributed by atoms with Crippen LogP contribution < -0.4 is 5.32 Å². The Labute approximate surface area is 168 Å². The summed E-state index contributed by atoms with van der Waals surface area (Å²) in [6, 6.07) is 9.90. The van der Waals surface area contributed by atoms with Gasteiger partial charge in [0.05, 0.1) is 16.6 Å². The van der Waals surface area contributed by atoms with Gasteiger partial charge in [-0.05, 0) is 35.7 Å². The highest BCUT2D eigenvalue weighted by molar-refractivity contribution is 7.89. The van der Waals surface area contributed by atoms with Crippen LogP contribution in [-0.2, 0) is 16.6 Å². The van der Waals surface area contributed by atoms with Gasteiger partial charge in [-0.3, -0.25) is 4.79 Å². The zero-order chi connectivity index (χ0) is 20.6. The van der Waals surface area contributed by atoms with Crippen molar-refractivity contribution in [1.82, 2.24) is 19.0 Å². The standard InChI is InChI=1S/C20H22N4O4S/c1-14-11-24(13-18(14)25)29(27,28)17-5-2-15(3-6-17)10-22-20(26)16-4-7-19-21-8-9-23(19)12-16/h2-9,12,14,18,25H,10-11,13H2,1H3,(H,22,26). The number of hydrogen-bond acceptors (Lipinski definition) is 5. The first kappa shape index (κ1) is 19.6. The number of carbonyl (C=O) groups excluding carboxylic acids is 1. The number of rotatable bonds is 5. The molecule has 0 saturated carbocycles.